The van der Waals surface area contributed by atoms with Gasteiger partial charge in [0.25, 0.3) is 11.8 Å². The Kier molecular flexibility index (Phi) is 6.54. The third-order valence-corrected chi connectivity index (χ3v) is 5.48. The zero-order valence-electron chi connectivity index (χ0n) is 19.5. The molecular weight excluding hydrogens is 432 g/mol. The van der Waals surface area contributed by atoms with Crippen LogP contribution in [0.5, 0.6) is 17.2 Å². The Hall–Kier alpha value is -4.26. The highest BCUT2D eigenvalue weighted by atomic mass is 16.5. The first-order valence-electron chi connectivity index (χ1n) is 10.9. The van der Waals surface area contributed by atoms with Gasteiger partial charge < -0.3 is 19.5 Å². The van der Waals surface area contributed by atoms with E-state index in [0.29, 0.717) is 40.8 Å². The molecule has 3 aromatic carbocycles. The number of hydrogen-bond acceptors (Lipinski definition) is 6. The average Bonchev–Trinajstić information content (AvgIpc) is 3.09. The number of para-hydroxylation sites is 2. The highest BCUT2D eigenvalue weighted by molar-refractivity contribution is 6.46. The van der Waals surface area contributed by atoms with Gasteiger partial charge in [-0.3, -0.25) is 9.59 Å². The lowest BCUT2D eigenvalue weighted by Gasteiger charge is -2.19. The maximum absolute atomic E-state index is 13.7. The lowest BCUT2D eigenvalue weighted by Crippen LogP contribution is -2.32. The molecule has 0 saturated carbocycles. The lowest BCUT2D eigenvalue weighted by atomic mass is 10.0. The van der Waals surface area contributed by atoms with Crippen LogP contribution in [0.15, 0.2) is 72.4 Å². The Morgan fingerprint density at radius 2 is 1.59 bits per heavy atom. The molecule has 0 bridgehead atoms. The molecule has 0 fully saturated rings. The zero-order valence-corrected chi connectivity index (χ0v) is 19.5. The highest BCUT2D eigenvalue weighted by Gasteiger charge is 2.41. The Labute approximate surface area is 198 Å². The number of benzene rings is 3. The van der Waals surface area contributed by atoms with Crippen LogP contribution in [-0.2, 0) is 9.59 Å². The van der Waals surface area contributed by atoms with Gasteiger partial charge in [0.05, 0.1) is 37.8 Å². The van der Waals surface area contributed by atoms with Crippen molar-refractivity contribution in [3.05, 3.63) is 83.6 Å². The van der Waals surface area contributed by atoms with E-state index in [1.165, 1.54) is 0 Å². The van der Waals surface area contributed by atoms with Gasteiger partial charge in [-0.25, -0.2) is 4.90 Å². The van der Waals surface area contributed by atoms with E-state index >= 15 is 0 Å². The minimum absolute atomic E-state index is 0.158. The van der Waals surface area contributed by atoms with Crippen molar-refractivity contribution < 1.29 is 23.8 Å². The molecule has 1 heterocycles. The standard InChI is InChI=1S/C27H26N2O5/c1-5-34-23-9-7-6-8-21(23)29-26(30)24(18-11-13-19(32-3)14-12-18)25(27(29)31)28-20-16-17(2)10-15-22(20)33-4/h6-16,28H,5H2,1-4H3. The SMILES string of the molecule is CCOc1ccccc1N1C(=O)C(Nc2cc(C)ccc2OC)=C(c2ccc(OC)cc2)C1=O. The summed E-state index contributed by atoms with van der Waals surface area (Å²) < 4.78 is 16.4. The van der Waals surface area contributed by atoms with Crippen LogP contribution in [0.2, 0.25) is 0 Å². The van der Waals surface area contributed by atoms with Crippen LogP contribution in [0, 0.1) is 6.92 Å². The lowest BCUT2D eigenvalue weighted by molar-refractivity contribution is -0.120. The van der Waals surface area contributed by atoms with Gasteiger partial charge in [0.1, 0.15) is 22.9 Å². The molecule has 1 N–H and O–H groups in total. The van der Waals surface area contributed by atoms with E-state index < -0.39 is 11.8 Å². The fourth-order valence-electron chi connectivity index (χ4n) is 3.86. The number of imide groups is 1. The van der Waals surface area contributed by atoms with Crippen molar-refractivity contribution in [1.29, 1.82) is 0 Å². The van der Waals surface area contributed by atoms with Gasteiger partial charge >= 0.3 is 0 Å². The summed E-state index contributed by atoms with van der Waals surface area (Å²) in [6.07, 6.45) is 0. The monoisotopic (exact) mass is 458 g/mol. The third kappa shape index (κ3) is 4.20. The van der Waals surface area contributed by atoms with Gasteiger partial charge in [-0.2, -0.15) is 0 Å². The second-order valence-electron chi connectivity index (χ2n) is 7.65. The van der Waals surface area contributed by atoms with Crippen LogP contribution in [0.4, 0.5) is 11.4 Å². The molecule has 0 radical (unpaired) electrons. The van der Waals surface area contributed by atoms with Crippen LogP contribution in [-0.4, -0.2) is 32.6 Å². The van der Waals surface area contributed by atoms with Gasteiger partial charge in [0, 0.05) is 0 Å². The molecule has 0 unspecified atom stereocenters. The maximum atomic E-state index is 13.7. The number of nitrogens with zero attached hydrogens (tertiary/aromatic N) is 1. The zero-order chi connectivity index (χ0) is 24.2. The second-order valence-corrected chi connectivity index (χ2v) is 7.65. The van der Waals surface area contributed by atoms with E-state index in [0.717, 1.165) is 10.5 Å². The number of hydrogen-bond donors (Lipinski definition) is 1. The summed E-state index contributed by atoms with van der Waals surface area (Å²) in [4.78, 5) is 28.6. The smallest absolute Gasteiger partial charge is 0.282 e. The quantitative estimate of drug-likeness (QED) is 0.489. The number of aryl methyl sites for hydroxylation is 1. The van der Waals surface area contributed by atoms with Gasteiger partial charge in [-0.1, -0.05) is 30.3 Å². The number of methoxy groups -OCH3 is 2. The number of carbonyl (C=O) groups excluding carboxylic acids is 2. The number of carbonyl (C=O) groups is 2. The van der Waals surface area contributed by atoms with E-state index in [9.17, 15) is 9.59 Å². The van der Waals surface area contributed by atoms with Gasteiger partial charge in [-0.05, 0) is 61.4 Å². The Morgan fingerprint density at radius 3 is 2.26 bits per heavy atom. The fraction of sp³-hybridized carbons (Fsp3) is 0.185. The normalized spacial score (nSPS) is 13.4. The van der Waals surface area contributed by atoms with Gasteiger partial charge in [0.2, 0.25) is 0 Å². The molecule has 3 aromatic rings. The molecule has 0 atom stereocenters. The summed E-state index contributed by atoms with van der Waals surface area (Å²) in [6.45, 7) is 4.19. The van der Waals surface area contributed by atoms with Crippen molar-refractivity contribution in [2.75, 3.05) is 31.0 Å². The molecule has 0 aliphatic carbocycles. The first-order valence-corrected chi connectivity index (χ1v) is 10.9. The molecule has 2 amide bonds. The van der Waals surface area contributed by atoms with E-state index in [2.05, 4.69) is 5.32 Å². The molecule has 0 aromatic heterocycles. The first-order chi connectivity index (χ1) is 16.5. The van der Waals surface area contributed by atoms with E-state index in [4.69, 9.17) is 14.2 Å². The number of ether oxygens (including phenoxy) is 3. The van der Waals surface area contributed by atoms with Crippen LogP contribution in [0.1, 0.15) is 18.1 Å². The summed E-state index contributed by atoms with van der Waals surface area (Å²) in [5, 5.41) is 3.18. The van der Waals surface area contributed by atoms with Gasteiger partial charge in [0.15, 0.2) is 0 Å². The Balaban J connectivity index is 1.86. The van der Waals surface area contributed by atoms with E-state index in [1.54, 1.807) is 62.8 Å². The second kappa shape index (κ2) is 9.70. The third-order valence-electron chi connectivity index (χ3n) is 5.48. The van der Waals surface area contributed by atoms with Crippen LogP contribution in [0.3, 0.4) is 0 Å². The predicted molar refractivity (Wildman–Crippen MR) is 131 cm³/mol. The number of amides is 2. The molecule has 4 rings (SSSR count). The van der Waals surface area contributed by atoms with Crippen molar-refractivity contribution in [3.63, 3.8) is 0 Å². The van der Waals surface area contributed by atoms with Crippen LogP contribution >= 0.6 is 0 Å². The van der Waals surface area contributed by atoms with E-state index in [-0.39, 0.29) is 11.3 Å². The summed E-state index contributed by atoms with van der Waals surface area (Å²) in [6, 6.07) is 19.6. The highest BCUT2D eigenvalue weighted by Crippen LogP contribution is 2.39. The van der Waals surface area contributed by atoms with Crippen molar-refractivity contribution in [3.8, 4) is 17.2 Å². The minimum Gasteiger partial charge on any atom is -0.497 e. The Bertz CT molecular complexity index is 1260. The summed E-state index contributed by atoms with van der Waals surface area (Å²) in [7, 11) is 3.13. The Morgan fingerprint density at radius 1 is 0.853 bits per heavy atom. The number of nitrogens with one attached hydrogen (secondary N) is 1. The molecule has 0 spiro atoms. The molecular formula is C27H26N2O5. The molecule has 1 aliphatic rings. The summed E-state index contributed by atoms with van der Waals surface area (Å²) in [5.41, 5.74) is 2.95. The largest absolute Gasteiger partial charge is 0.497 e. The molecule has 7 heteroatoms. The van der Waals surface area contributed by atoms with Crippen molar-refractivity contribution in [2.24, 2.45) is 0 Å². The van der Waals surface area contributed by atoms with Crippen LogP contribution < -0.4 is 24.4 Å². The topological polar surface area (TPSA) is 77.1 Å². The number of rotatable bonds is 8. The molecule has 174 valence electrons. The first kappa shape index (κ1) is 22.9. The predicted octanol–water partition coefficient (Wildman–Crippen LogP) is 4.81. The summed E-state index contributed by atoms with van der Waals surface area (Å²) >= 11 is 0. The fourth-order valence-corrected chi connectivity index (χ4v) is 3.86. The molecule has 7 nitrogen and oxygen atoms in total. The maximum Gasteiger partial charge on any atom is 0.282 e. The van der Waals surface area contributed by atoms with Crippen molar-refractivity contribution in [2.45, 2.75) is 13.8 Å². The molecule has 1 aliphatic heterocycles. The average molecular weight is 459 g/mol. The molecule has 0 saturated heterocycles. The minimum atomic E-state index is -0.480. The number of anilines is 2. The van der Waals surface area contributed by atoms with Crippen LogP contribution in [0.25, 0.3) is 5.57 Å². The van der Waals surface area contributed by atoms with E-state index in [1.807, 2.05) is 32.0 Å². The van der Waals surface area contributed by atoms with Crippen molar-refractivity contribution >= 4 is 28.8 Å². The van der Waals surface area contributed by atoms with Crippen molar-refractivity contribution in [1.82, 2.24) is 0 Å². The summed E-state index contributed by atoms with van der Waals surface area (Å²) in [5.74, 6) is 0.730. The van der Waals surface area contributed by atoms with Gasteiger partial charge in [-0.15, -0.1) is 0 Å². The molecule has 34 heavy (non-hydrogen) atoms.